The van der Waals surface area contributed by atoms with Crippen LogP contribution in [0, 0.1) is 12.3 Å². The first-order valence-electron chi connectivity index (χ1n) is 6.76. The van der Waals surface area contributed by atoms with E-state index in [-0.39, 0.29) is 22.9 Å². The summed E-state index contributed by atoms with van der Waals surface area (Å²) in [5, 5.41) is 10.1. The third-order valence-corrected chi connectivity index (χ3v) is 4.63. The lowest BCUT2D eigenvalue weighted by molar-refractivity contribution is -0.307. The van der Waals surface area contributed by atoms with Gasteiger partial charge in [-0.1, -0.05) is 21.9 Å². The number of aliphatic carboxylic acids is 1. The largest absolute Gasteiger partial charge is 0.546 e. The quantitative estimate of drug-likeness (QED) is 0.500. The molecule has 1 aromatic rings. The number of rotatable bonds is 6. The van der Waals surface area contributed by atoms with Gasteiger partial charge in [0.2, 0.25) is 0 Å². The standard InChI is InChI=1S/C16H12BrNO6S/c1-3-4-18-15(21)13(25-16(18)22)6-9-5-11(23-2)12(7-10(9)17)24-8-14(19)20/h1,5-7H,4,8H2,2H3,(H,19,20)/p-1/b13-6-. The van der Waals surface area contributed by atoms with Crippen molar-refractivity contribution in [3.05, 3.63) is 27.1 Å². The van der Waals surface area contributed by atoms with Crippen molar-refractivity contribution in [1.29, 1.82) is 0 Å². The molecule has 1 aliphatic rings. The first kappa shape index (κ1) is 18.9. The zero-order valence-corrected chi connectivity index (χ0v) is 15.3. The highest BCUT2D eigenvalue weighted by Gasteiger charge is 2.34. The van der Waals surface area contributed by atoms with Gasteiger partial charge in [-0.2, -0.15) is 0 Å². The van der Waals surface area contributed by atoms with Gasteiger partial charge in [-0.3, -0.25) is 14.5 Å². The predicted octanol–water partition coefficient (Wildman–Crippen LogP) is 1.26. The van der Waals surface area contributed by atoms with Crippen LogP contribution < -0.4 is 14.6 Å². The molecule has 0 radical (unpaired) electrons. The van der Waals surface area contributed by atoms with Crippen molar-refractivity contribution in [2.75, 3.05) is 20.3 Å². The Morgan fingerprint density at radius 1 is 1.44 bits per heavy atom. The molecule has 1 aromatic carbocycles. The highest BCUT2D eigenvalue weighted by molar-refractivity contribution is 9.10. The minimum atomic E-state index is -1.37. The second-order valence-electron chi connectivity index (χ2n) is 4.66. The maximum absolute atomic E-state index is 12.2. The fourth-order valence-electron chi connectivity index (χ4n) is 1.94. The number of terminal acetylenes is 1. The van der Waals surface area contributed by atoms with Crippen molar-refractivity contribution in [1.82, 2.24) is 4.90 Å². The number of imide groups is 1. The number of carbonyl (C=O) groups is 3. The summed E-state index contributed by atoms with van der Waals surface area (Å²) in [5.74, 6) is 0.867. The molecular formula is C16H11BrNO6S-. The molecular weight excluding hydrogens is 414 g/mol. The van der Waals surface area contributed by atoms with Gasteiger partial charge < -0.3 is 19.4 Å². The van der Waals surface area contributed by atoms with Crippen molar-refractivity contribution >= 4 is 50.9 Å². The molecule has 0 saturated carbocycles. The summed E-state index contributed by atoms with van der Waals surface area (Å²) >= 11 is 4.09. The number of amides is 2. The van der Waals surface area contributed by atoms with E-state index in [1.807, 2.05) is 0 Å². The average molecular weight is 425 g/mol. The summed E-state index contributed by atoms with van der Waals surface area (Å²) < 4.78 is 10.8. The van der Waals surface area contributed by atoms with E-state index in [2.05, 4.69) is 21.9 Å². The van der Waals surface area contributed by atoms with Crippen LogP contribution in [0.1, 0.15) is 5.56 Å². The molecule has 0 spiro atoms. The van der Waals surface area contributed by atoms with Crippen LogP contribution in [0.5, 0.6) is 11.5 Å². The van der Waals surface area contributed by atoms with Crippen molar-refractivity contribution in [2.24, 2.45) is 0 Å². The van der Waals surface area contributed by atoms with Crippen LogP contribution in [0.2, 0.25) is 0 Å². The second kappa shape index (κ2) is 8.09. The van der Waals surface area contributed by atoms with E-state index in [1.54, 1.807) is 6.07 Å². The summed E-state index contributed by atoms with van der Waals surface area (Å²) in [5.41, 5.74) is 0.545. The highest BCUT2D eigenvalue weighted by atomic mass is 79.9. The Bertz CT molecular complexity index is 814. The van der Waals surface area contributed by atoms with Gasteiger partial charge in [-0.25, -0.2) is 0 Å². The summed E-state index contributed by atoms with van der Waals surface area (Å²) in [6, 6.07) is 3.04. The number of carboxylic acids is 1. The van der Waals surface area contributed by atoms with Gasteiger partial charge in [0.1, 0.15) is 6.61 Å². The van der Waals surface area contributed by atoms with Crippen molar-refractivity contribution in [3.8, 4) is 23.8 Å². The maximum Gasteiger partial charge on any atom is 0.294 e. The van der Waals surface area contributed by atoms with Crippen LogP contribution in [0.4, 0.5) is 4.79 Å². The molecule has 130 valence electrons. The van der Waals surface area contributed by atoms with Crippen molar-refractivity contribution < 1.29 is 29.0 Å². The summed E-state index contributed by atoms with van der Waals surface area (Å²) in [7, 11) is 1.39. The van der Waals surface area contributed by atoms with Crippen LogP contribution in [0.15, 0.2) is 21.5 Å². The fourth-order valence-corrected chi connectivity index (χ4v) is 3.21. The molecule has 2 amide bonds. The van der Waals surface area contributed by atoms with Gasteiger partial charge in [0.25, 0.3) is 11.1 Å². The van der Waals surface area contributed by atoms with Gasteiger partial charge in [0, 0.05) is 4.47 Å². The molecule has 1 aliphatic heterocycles. The smallest absolute Gasteiger partial charge is 0.294 e. The van der Waals surface area contributed by atoms with E-state index < -0.39 is 23.7 Å². The normalized spacial score (nSPS) is 15.4. The minimum Gasteiger partial charge on any atom is -0.546 e. The molecule has 0 N–H and O–H groups in total. The lowest BCUT2D eigenvalue weighted by atomic mass is 10.2. The maximum atomic E-state index is 12.2. The molecule has 2 rings (SSSR count). The number of thioether (sulfide) groups is 1. The average Bonchev–Trinajstić information content (AvgIpc) is 2.82. The Hall–Kier alpha value is -2.44. The molecule has 1 fully saturated rings. The first-order chi connectivity index (χ1) is 11.9. The van der Waals surface area contributed by atoms with Gasteiger partial charge in [-0.05, 0) is 35.5 Å². The molecule has 7 nitrogen and oxygen atoms in total. The lowest BCUT2D eigenvalue weighted by Gasteiger charge is -2.13. The Morgan fingerprint density at radius 3 is 2.76 bits per heavy atom. The van der Waals surface area contributed by atoms with Crippen molar-refractivity contribution in [2.45, 2.75) is 0 Å². The Balaban J connectivity index is 2.34. The molecule has 0 bridgehead atoms. The number of methoxy groups -OCH3 is 1. The third kappa shape index (κ3) is 4.35. The first-order valence-corrected chi connectivity index (χ1v) is 8.37. The zero-order valence-electron chi connectivity index (χ0n) is 12.9. The van der Waals surface area contributed by atoms with Gasteiger partial charge in [0.15, 0.2) is 11.5 Å². The van der Waals surface area contributed by atoms with Crippen LogP contribution >= 0.6 is 27.7 Å². The van der Waals surface area contributed by atoms with E-state index >= 15 is 0 Å². The van der Waals surface area contributed by atoms with E-state index in [0.29, 0.717) is 10.0 Å². The number of hydrogen-bond acceptors (Lipinski definition) is 7. The number of ether oxygens (including phenoxy) is 2. The van der Waals surface area contributed by atoms with Gasteiger partial charge in [0.05, 0.1) is 24.5 Å². The molecule has 0 aromatic heterocycles. The molecule has 0 atom stereocenters. The van der Waals surface area contributed by atoms with E-state index in [4.69, 9.17) is 15.9 Å². The predicted molar refractivity (Wildman–Crippen MR) is 92.7 cm³/mol. The molecule has 1 heterocycles. The van der Waals surface area contributed by atoms with Crippen LogP contribution in [-0.4, -0.2) is 42.3 Å². The number of benzene rings is 1. The van der Waals surface area contributed by atoms with Crippen LogP contribution in [0.3, 0.4) is 0 Å². The van der Waals surface area contributed by atoms with Gasteiger partial charge >= 0.3 is 0 Å². The van der Waals surface area contributed by atoms with Gasteiger partial charge in [-0.15, -0.1) is 6.42 Å². The van der Waals surface area contributed by atoms with E-state index in [1.165, 1.54) is 19.3 Å². The van der Waals surface area contributed by atoms with E-state index in [0.717, 1.165) is 16.7 Å². The second-order valence-corrected chi connectivity index (χ2v) is 6.50. The Kier molecular flexibility index (Phi) is 6.12. The SMILES string of the molecule is C#CCN1C(=O)S/C(=C\c2cc(OC)c(OCC(=O)[O-])cc2Br)C1=O. The van der Waals surface area contributed by atoms with E-state index in [9.17, 15) is 19.5 Å². The number of carboxylic acid groups (broad SMARTS) is 1. The summed E-state index contributed by atoms with van der Waals surface area (Å²) in [6.07, 6.45) is 6.66. The number of hydrogen-bond donors (Lipinski definition) is 0. The molecule has 0 aliphatic carbocycles. The topological polar surface area (TPSA) is 96.0 Å². The minimum absolute atomic E-state index is 0.0947. The molecule has 9 heteroatoms. The zero-order chi connectivity index (χ0) is 18.6. The molecule has 1 saturated heterocycles. The monoisotopic (exact) mass is 424 g/mol. The number of nitrogens with zero attached hydrogens (tertiary/aromatic N) is 1. The summed E-state index contributed by atoms with van der Waals surface area (Å²) in [6.45, 7) is -0.727. The molecule has 0 unspecified atom stereocenters. The van der Waals surface area contributed by atoms with Crippen LogP contribution in [0.25, 0.3) is 6.08 Å². The van der Waals surface area contributed by atoms with Crippen molar-refractivity contribution in [3.63, 3.8) is 0 Å². The summed E-state index contributed by atoms with van der Waals surface area (Å²) in [4.78, 5) is 35.7. The van der Waals surface area contributed by atoms with Crippen LogP contribution in [-0.2, 0) is 9.59 Å². The lowest BCUT2D eigenvalue weighted by Crippen LogP contribution is -2.29. The Morgan fingerprint density at radius 2 is 2.16 bits per heavy atom. The number of carbonyl (C=O) groups excluding carboxylic acids is 3. The molecule has 25 heavy (non-hydrogen) atoms. The fraction of sp³-hybridized carbons (Fsp3) is 0.188. The highest BCUT2D eigenvalue weighted by Crippen LogP contribution is 2.37. The third-order valence-electron chi connectivity index (χ3n) is 3.04. The number of halogens is 1. The Labute approximate surface area is 156 Å².